The molecule has 1 amide bonds. The fourth-order valence-corrected chi connectivity index (χ4v) is 2.39. The van der Waals surface area contributed by atoms with Gasteiger partial charge in [-0.3, -0.25) is 4.79 Å². The lowest BCUT2D eigenvalue weighted by molar-refractivity contribution is 0.102. The van der Waals surface area contributed by atoms with Crippen LogP contribution in [0, 0.1) is 5.82 Å². The van der Waals surface area contributed by atoms with Crippen LogP contribution in [0.25, 0.3) is 0 Å². The Kier molecular flexibility index (Phi) is 5.38. The van der Waals surface area contributed by atoms with Crippen LogP contribution in [0.3, 0.4) is 0 Å². The zero-order valence-electron chi connectivity index (χ0n) is 13.8. The Morgan fingerprint density at radius 2 is 2.04 bits per heavy atom. The normalized spacial score (nSPS) is 10.4. The summed E-state index contributed by atoms with van der Waals surface area (Å²) >= 11 is 5.90. The van der Waals surface area contributed by atoms with Gasteiger partial charge in [0, 0.05) is 5.56 Å². The molecule has 0 aliphatic carbocycles. The molecule has 0 saturated heterocycles. The summed E-state index contributed by atoms with van der Waals surface area (Å²) in [7, 11) is 1.56. The average Bonchev–Trinajstić information content (AvgIpc) is 3.08. The van der Waals surface area contributed by atoms with E-state index < -0.39 is 5.82 Å². The number of carbonyl (C=O) groups is 1. The summed E-state index contributed by atoms with van der Waals surface area (Å²) in [5.74, 6) is 0.304. The van der Waals surface area contributed by atoms with Crippen molar-refractivity contribution in [2.75, 3.05) is 12.4 Å². The lowest BCUT2D eigenvalue weighted by Crippen LogP contribution is -2.11. The summed E-state index contributed by atoms with van der Waals surface area (Å²) in [6, 6.07) is 10.6. The maximum atomic E-state index is 13.0. The number of benzene rings is 2. The van der Waals surface area contributed by atoms with Crippen LogP contribution in [0.4, 0.5) is 10.1 Å². The first kappa shape index (κ1) is 17.8. The SMILES string of the molecule is COc1ccc(C(=O)Nc2cnn(COc3ccc(F)cc3Cl)c2)cc1. The minimum absolute atomic E-state index is 0.0593. The number of nitrogens with zero attached hydrogens (tertiary/aromatic N) is 2. The number of anilines is 1. The fraction of sp³-hybridized carbons (Fsp3) is 0.111. The number of nitrogens with one attached hydrogen (secondary N) is 1. The van der Waals surface area contributed by atoms with Crippen molar-refractivity contribution in [1.29, 1.82) is 0 Å². The van der Waals surface area contributed by atoms with E-state index in [1.54, 1.807) is 37.6 Å². The summed E-state index contributed by atoms with van der Waals surface area (Å²) in [4.78, 5) is 12.2. The van der Waals surface area contributed by atoms with E-state index in [2.05, 4.69) is 10.4 Å². The first-order chi connectivity index (χ1) is 12.5. The van der Waals surface area contributed by atoms with Gasteiger partial charge in [0.25, 0.3) is 5.91 Å². The largest absolute Gasteiger partial charge is 0.497 e. The van der Waals surface area contributed by atoms with Crippen molar-refractivity contribution < 1.29 is 18.7 Å². The molecular weight excluding hydrogens is 361 g/mol. The molecule has 1 heterocycles. The Hall–Kier alpha value is -3.06. The summed E-state index contributed by atoms with van der Waals surface area (Å²) < 4.78 is 25.0. The van der Waals surface area contributed by atoms with Gasteiger partial charge in [0.1, 0.15) is 17.3 Å². The van der Waals surface area contributed by atoms with Gasteiger partial charge in [-0.15, -0.1) is 0 Å². The molecular formula is C18H15ClFN3O3. The van der Waals surface area contributed by atoms with Crippen molar-refractivity contribution in [3.63, 3.8) is 0 Å². The second-order valence-corrected chi connectivity index (χ2v) is 5.71. The third kappa shape index (κ3) is 4.31. The number of rotatable bonds is 6. The van der Waals surface area contributed by atoms with Gasteiger partial charge in [-0.1, -0.05) is 11.6 Å². The second-order valence-electron chi connectivity index (χ2n) is 5.30. The molecule has 0 spiro atoms. The topological polar surface area (TPSA) is 65.4 Å². The summed E-state index contributed by atoms with van der Waals surface area (Å²) in [5.41, 5.74) is 1.01. The number of ether oxygens (including phenoxy) is 2. The number of aromatic nitrogens is 2. The van der Waals surface area contributed by atoms with Crippen LogP contribution in [0.15, 0.2) is 54.9 Å². The van der Waals surface area contributed by atoms with E-state index in [4.69, 9.17) is 21.1 Å². The van der Waals surface area contributed by atoms with Crippen LogP contribution in [-0.2, 0) is 6.73 Å². The molecule has 0 unspecified atom stereocenters. The van der Waals surface area contributed by atoms with Crippen molar-refractivity contribution >= 4 is 23.2 Å². The zero-order valence-corrected chi connectivity index (χ0v) is 14.5. The highest BCUT2D eigenvalue weighted by molar-refractivity contribution is 6.32. The summed E-state index contributed by atoms with van der Waals surface area (Å²) in [6.45, 7) is 0.0593. The first-order valence-corrected chi connectivity index (χ1v) is 7.98. The third-order valence-electron chi connectivity index (χ3n) is 3.49. The summed E-state index contributed by atoms with van der Waals surface area (Å²) in [5, 5.41) is 7.00. The van der Waals surface area contributed by atoms with Gasteiger partial charge in [-0.2, -0.15) is 5.10 Å². The Bertz CT molecular complexity index is 912. The van der Waals surface area contributed by atoms with Gasteiger partial charge in [0.05, 0.1) is 30.2 Å². The molecule has 1 aromatic heterocycles. The number of amides is 1. The molecule has 3 rings (SSSR count). The number of hydrogen-bond acceptors (Lipinski definition) is 4. The van der Waals surface area contributed by atoms with Gasteiger partial charge < -0.3 is 14.8 Å². The van der Waals surface area contributed by atoms with Crippen LogP contribution < -0.4 is 14.8 Å². The van der Waals surface area contributed by atoms with E-state index in [1.807, 2.05) is 0 Å². The van der Waals surface area contributed by atoms with Crippen molar-refractivity contribution in [2.24, 2.45) is 0 Å². The highest BCUT2D eigenvalue weighted by Crippen LogP contribution is 2.25. The first-order valence-electron chi connectivity index (χ1n) is 7.61. The number of carbonyl (C=O) groups excluding carboxylic acids is 1. The van der Waals surface area contributed by atoms with Crippen LogP contribution in [0.1, 0.15) is 10.4 Å². The quantitative estimate of drug-likeness (QED) is 0.708. The number of halogens is 2. The standard InChI is InChI=1S/C18H15ClFN3O3/c1-25-15-5-2-12(3-6-15)18(24)22-14-9-21-23(10-14)11-26-17-7-4-13(20)8-16(17)19/h2-10H,11H2,1H3,(H,22,24). The molecule has 0 atom stereocenters. The molecule has 0 saturated carbocycles. The highest BCUT2D eigenvalue weighted by Gasteiger charge is 2.09. The van der Waals surface area contributed by atoms with Crippen LogP contribution in [-0.4, -0.2) is 22.8 Å². The van der Waals surface area contributed by atoms with Crippen molar-refractivity contribution in [2.45, 2.75) is 6.73 Å². The predicted octanol–water partition coefficient (Wildman–Crippen LogP) is 3.97. The van der Waals surface area contributed by atoms with Gasteiger partial charge in [-0.25, -0.2) is 9.07 Å². The minimum Gasteiger partial charge on any atom is -0.497 e. The van der Waals surface area contributed by atoms with Gasteiger partial charge in [0.2, 0.25) is 0 Å². The molecule has 0 aliphatic rings. The molecule has 0 fully saturated rings. The Labute approximate surface area is 154 Å². The van der Waals surface area contributed by atoms with E-state index in [0.29, 0.717) is 22.7 Å². The zero-order chi connectivity index (χ0) is 18.5. The van der Waals surface area contributed by atoms with Crippen LogP contribution in [0.5, 0.6) is 11.5 Å². The van der Waals surface area contributed by atoms with Crippen molar-refractivity contribution in [3.8, 4) is 11.5 Å². The van der Waals surface area contributed by atoms with Gasteiger partial charge in [-0.05, 0) is 42.5 Å². The number of hydrogen-bond donors (Lipinski definition) is 1. The van der Waals surface area contributed by atoms with E-state index in [1.165, 1.54) is 29.1 Å². The van der Waals surface area contributed by atoms with Gasteiger partial charge in [0.15, 0.2) is 6.73 Å². The van der Waals surface area contributed by atoms with Crippen molar-refractivity contribution in [1.82, 2.24) is 9.78 Å². The van der Waals surface area contributed by atoms with Crippen LogP contribution >= 0.6 is 11.6 Å². The van der Waals surface area contributed by atoms with Crippen LogP contribution in [0.2, 0.25) is 5.02 Å². The molecule has 3 aromatic rings. The number of methoxy groups -OCH3 is 1. The maximum Gasteiger partial charge on any atom is 0.255 e. The molecule has 2 aromatic carbocycles. The predicted molar refractivity (Wildman–Crippen MR) is 95.2 cm³/mol. The third-order valence-corrected chi connectivity index (χ3v) is 3.78. The molecule has 0 radical (unpaired) electrons. The summed E-state index contributed by atoms with van der Waals surface area (Å²) in [6.07, 6.45) is 3.11. The Morgan fingerprint density at radius 1 is 1.27 bits per heavy atom. The van der Waals surface area contributed by atoms with E-state index in [-0.39, 0.29) is 17.7 Å². The van der Waals surface area contributed by atoms with E-state index in [9.17, 15) is 9.18 Å². The smallest absolute Gasteiger partial charge is 0.255 e. The van der Waals surface area contributed by atoms with Gasteiger partial charge >= 0.3 is 0 Å². The Balaban J connectivity index is 1.59. The lowest BCUT2D eigenvalue weighted by Gasteiger charge is -2.07. The fourth-order valence-electron chi connectivity index (χ4n) is 2.17. The lowest BCUT2D eigenvalue weighted by atomic mass is 10.2. The molecule has 0 bridgehead atoms. The maximum absolute atomic E-state index is 13.0. The Morgan fingerprint density at radius 3 is 2.73 bits per heavy atom. The molecule has 1 N–H and O–H groups in total. The molecule has 26 heavy (non-hydrogen) atoms. The average molecular weight is 376 g/mol. The van der Waals surface area contributed by atoms with E-state index in [0.717, 1.165) is 0 Å². The van der Waals surface area contributed by atoms with E-state index >= 15 is 0 Å². The minimum atomic E-state index is -0.440. The molecule has 134 valence electrons. The monoisotopic (exact) mass is 375 g/mol. The second kappa shape index (κ2) is 7.88. The molecule has 6 nitrogen and oxygen atoms in total. The molecule has 0 aliphatic heterocycles. The molecule has 8 heteroatoms. The highest BCUT2D eigenvalue weighted by atomic mass is 35.5. The van der Waals surface area contributed by atoms with Crippen molar-refractivity contribution in [3.05, 3.63) is 71.3 Å².